The first-order valence-electron chi connectivity index (χ1n) is 6.35. The summed E-state index contributed by atoms with van der Waals surface area (Å²) in [5.74, 6) is -0.190. The number of hydrogen-bond donors (Lipinski definition) is 0. The zero-order valence-corrected chi connectivity index (χ0v) is 10.8. The Labute approximate surface area is 101 Å². The summed E-state index contributed by atoms with van der Waals surface area (Å²) in [4.78, 5) is 23.7. The highest BCUT2D eigenvalue weighted by Gasteiger charge is 2.23. The van der Waals surface area contributed by atoms with E-state index in [1.54, 1.807) is 0 Å². The summed E-state index contributed by atoms with van der Waals surface area (Å²) in [5, 5.41) is 0. The van der Waals surface area contributed by atoms with Crippen molar-refractivity contribution >= 4 is 5.91 Å². The molecule has 0 unspecified atom stereocenters. The molecule has 0 spiro atoms. The molecule has 94 valence electrons. The van der Waals surface area contributed by atoms with Crippen LogP contribution in [-0.4, -0.2) is 15.0 Å². The summed E-state index contributed by atoms with van der Waals surface area (Å²) < 4.78 is 3.12. The Bertz CT molecular complexity index is 490. The Morgan fingerprint density at radius 3 is 2.18 bits per heavy atom. The smallest absolute Gasteiger partial charge is 0.293 e. The second-order valence-corrected chi connectivity index (χ2v) is 4.97. The average Bonchev–Trinajstić information content (AvgIpc) is 2.51. The number of imidazole rings is 1. The lowest BCUT2D eigenvalue weighted by molar-refractivity contribution is 0.0929. The summed E-state index contributed by atoms with van der Waals surface area (Å²) in [6.45, 7) is 5.22. The van der Waals surface area contributed by atoms with E-state index in [-0.39, 0.29) is 17.6 Å². The molecule has 4 nitrogen and oxygen atoms in total. The van der Waals surface area contributed by atoms with Crippen molar-refractivity contribution < 1.29 is 4.79 Å². The van der Waals surface area contributed by atoms with Gasteiger partial charge in [0.15, 0.2) is 0 Å². The molecule has 1 aromatic heterocycles. The van der Waals surface area contributed by atoms with Crippen LogP contribution < -0.4 is 5.69 Å². The maximum atomic E-state index is 12.3. The van der Waals surface area contributed by atoms with Crippen molar-refractivity contribution in [2.24, 2.45) is 0 Å². The molecular weight excluding hydrogens is 216 g/mol. The largest absolute Gasteiger partial charge is 0.335 e. The Hall–Kier alpha value is -1.32. The third kappa shape index (κ3) is 1.96. The van der Waals surface area contributed by atoms with Gasteiger partial charge >= 0.3 is 5.69 Å². The van der Waals surface area contributed by atoms with Crippen LogP contribution in [0.5, 0.6) is 0 Å². The summed E-state index contributed by atoms with van der Waals surface area (Å²) in [6, 6.07) is 0.288. The fraction of sp³-hybridized carbons (Fsp3) is 0.692. The van der Waals surface area contributed by atoms with Crippen LogP contribution in [0.1, 0.15) is 61.3 Å². The second kappa shape index (κ2) is 4.51. The molecule has 1 aliphatic carbocycles. The monoisotopic (exact) mass is 236 g/mol. The van der Waals surface area contributed by atoms with Gasteiger partial charge in [0.1, 0.15) is 0 Å². The highest BCUT2D eigenvalue weighted by atomic mass is 16.2. The van der Waals surface area contributed by atoms with Gasteiger partial charge in [-0.3, -0.25) is 9.36 Å². The van der Waals surface area contributed by atoms with Crippen LogP contribution in [0.15, 0.2) is 4.79 Å². The van der Waals surface area contributed by atoms with Crippen LogP contribution in [0.25, 0.3) is 0 Å². The quantitative estimate of drug-likeness (QED) is 0.751. The second-order valence-electron chi connectivity index (χ2n) is 4.97. The zero-order valence-electron chi connectivity index (χ0n) is 10.8. The number of hydrogen-bond acceptors (Lipinski definition) is 2. The molecule has 1 aliphatic rings. The number of nitrogens with zero attached hydrogens (tertiary/aromatic N) is 2. The van der Waals surface area contributed by atoms with Gasteiger partial charge < -0.3 is 0 Å². The maximum absolute atomic E-state index is 12.3. The minimum absolute atomic E-state index is 0.153. The Morgan fingerprint density at radius 1 is 1.12 bits per heavy atom. The zero-order chi connectivity index (χ0) is 12.6. The first-order chi connectivity index (χ1) is 8.04. The van der Waals surface area contributed by atoms with E-state index in [1.165, 1.54) is 30.8 Å². The van der Waals surface area contributed by atoms with Gasteiger partial charge in [-0.25, -0.2) is 9.36 Å². The fourth-order valence-corrected chi connectivity index (χ4v) is 2.87. The van der Waals surface area contributed by atoms with Crippen LogP contribution in [0.3, 0.4) is 0 Å². The molecule has 0 radical (unpaired) electrons. The number of carbonyl (C=O) groups is 1. The maximum Gasteiger partial charge on any atom is 0.335 e. The minimum Gasteiger partial charge on any atom is -0.293 e. The lowest BCUT2D eigenvalue weighted by Crippen LogP contribution is -2.31. The molecule has 0 aromatic carbocycles. The average molecular weight is 236 g/mol. The van der Waals surface area contributed by atoms with Crippen LogP contribution >= 0.6 is 0 Å². The SMILES string of the molecule is CC(=O)n1c(C)c(C)n(C2CCCCC2)c1=O. The van der Waals surface area contributed by atoms with E-state index < -0.39 is 0 Å². The molecule has 0 aliphatic heterocycles. The molecule has 0 amide bonds. The molecule has 1 aromatic rings. The highest BCUT2D eigenvalue weighted by Crippen LogP contribution is 2.28. The molecule has 2 rings (SSSR count). The van der Waals surface area contributed by atoms with Gasteiger partial charge in [-0.1, -0.05) is 19.3 Å². The standard InChI is InChI=1S/C13H20N2O2/c1-9-10(2)15(12-7-5-4-6-8-12)13(17)14(9)11(3)16/h12H,4-8H2,1-3H3. The summed E-state index contributed by atoms with van der Waals surface area (Å²) in [7, 11) is 0. The first-order valence-corrected chi connectivity index (χ1v) is 6.35. The van der Waals surface area contributed by atoms with Crippen molar-refractivity contribution in [3.63, 3.8) is 0 Å². The third-order valence-corrected chi connectivity index (χ3v) is 3.87. The fourth-order valence-electron chi connectivity index (χ4n) is 2.87. The van der Waals surface area contributed by atoms with E-state index in [0.29, 0.717) is 0 Å². The Kier molecular flexibility index (Phi) is 3.22. The Balaban J connectivity index is 2.50. The predicted octanol–water partition coefficient (Wildman–Crippen LogP) is 2.43. The van der Waals surface area contributed by atoms with Crippen molar-refractivity contribution in [3.05, 3.63) is 21.9 Å². The van der Waals surface area contributed by atoms with E-state index >= 15 is 0 Å². The van der Waals surface area contributed by atoms with Crippen LogP contribution in [-0.2, 0) is 0 Å². The van der Waals surface area contributed by atoms with Gasteiger partial charge in [0.2, 0.25) is 5.91 Å². The van der Waals surface area contributed by atoms with Gasteiger partial charge in [-0.2, -0.15) is 0 Å². The third-order valence-electron chi connectivity index (χ3n) is 3.87. The van der Waals surface area contributed by atoms with Crippen molar-refractivity contribution in [1.29, 1.82) is 0 Å². The van der Waals surface area contributed by atoms with Crippen molar-refractivity contribution in [3.8, 4) is 0 Å². The van der Waals surface area contributed by atoms with E-state index in [1.807, 2.05) is 18.4 Å². The van der Waals surface area contributed by atoms with Gasteiger partial charge in [0, 0.05) is 24.4 Å². The van der Waals surface area contributed by atoms with E-state index in [4.69, 9.17) is 0 Å². The summed E-state index contributed by atoms with van der Waals surface area (Å²) in [6.07, 6.45) is 5.74. The van der Waals surface area contributed by atoms with Gasteiger partial charge in [-0.15, -0.1) is 0 Å². The molecule has 1 heterocycles. The van der Waals surface area contributed by atoms with E-state index in [2.05, 4.69) is 0 Å². The summed E-state index contributed by atoms with van der Waals surface area (Å²) in [5.41, 5.74) is 1.57. The molecule has 17 heavy (non-hydrogen) atoms. The van der Waals surface area contributed by atoms with Gasteiger partial charge in [-0.05, 0) is 26.7 Å². The van der Waals surface area contributed by atoms with Crippen LogP contribution in [0.2, 0.25) is 0 Å². The van der Waals surface area contributed by atoms with E-state index in [0.717, 1.165) is 24.2 Å². The molecule has 1 fully saturated rings. The van der Waals surface area contributed by atoms with Crippen LogP contribution in [0, 0.1) is 13.8 Å². The predicted molar refractivity (Wildman–Crippen MR) is 66.6 cm³/mol. The minimum atomic E-state index is -0.190. The number of rotatable bonds is 1. The molecule has 4 heteroatoms. The van der Waals surface area contributed by atoms with Crippen molar-refractivity contribution in [1.82, 2.24) is 9.13 Å². The number of aromatic nitrogens is 2. The van der Waals surface area contributed by atoms with Crippen LogP contribution in [0.4, 0.5) is 0 Å². The Morgan fingerprint density at radius 2 is 1.71 bits per heavy atom. The molecular formula is C13H20N2O2. The summed E-state index contributed by atoms with van der Waals surface area (Å²) >= 11 is 0. The topological polar surface area (TPSA) is 44.0 Å². The molecule has 0 bridgehead atoms. The van der Waals surface area contributed by atoms with Crippen molar-refractivity contribution in [2.75, 3.05) is 0 Å². The van der Waals surface area contributed by atoms with Crippen molar-refractivity contribution in [2.45, 2.75) is 58.9 Å². The first kappa shape index (κ1) is 12.1. The number of carbonyl (C=O) groups excluding carboxylic acids is 1. The molecule has 0 saturated heterocycles. The lowest BCUT2D eigenvalue weighted by Gasteiger charge is -2.23. The van der Waals surface area contributed by atoms with Gasteiger partial charge in [0.05, 0.1) is 0 Å². The molecule has 0 N–H and O–H groups in total. The molecule has 0 atom stereocenters. The van der Waals surface area contributed by atoms with E-state index in [9.17, 15) is 9.59 Å². The molecule has 1 saturated carbocycles. The normalized spacial score (nSPS) is 17.4. The van der Waals surface area contributed by atoms with Gasteiger partial charge in [0.25, 0.3) is 0 Å². The highest BCUT2D eigenvalue weighted by molar-refractivity contribution is 5.76. The lowest BCUT2D eigenvalue weighted by atomic mass is 9.95.